The topological polar surface area (TPSA) is 54.0 Å². The molecular weight excluding hydrogens is 330 g/mol. The summed E-state index contributed by atoms with van der Waals surface area (Å²) in [4.78, 5) is 16.7. The van der Waals surface area contributed by atoms with Gasteiger partial charge in [-0.3, -0.25) is 4.79 Å². The third-order valence-corrected chi connectivity index (χ3v) is 4.88. The van der Waals surface area contributed by atoms with Gasteiger partial charge in [-0.2, -0.15) is 0 Å². The smallest absolute Gasteiger partial charge is 0.243 e. The van der Waals surface area contributed by atoms with Gasteiger partial charge in [0, 0.05) is 22.3 Å². The molecule has 2 aromatic carbocycles. The van der Waals surface area contributed by atoms with Crippen molar-refractivity contribution in [1.82, 2.24) is 4.98 Å². The first-order valence-corrected chi connectivity index (χ1v) is 9.03. The summed E-state index contributed by atoms with van der Waals surface area (Å²) in [7, 11) is 0. The highest BCUT2D eigenvalue weighted by Crippen LogP contribution is 2.24. The molecular formula is C20H21N3OS. The van der Waals surface area contributed by atoms with E-state index in [-0.39, 0.29) is 12.5 Å². The molecule has 1 amide bonds. The van der Waals surface area contributed by atoms with Crippen LogP contribution in [0, 0.1) is 20.8 Å². The van der Waals surface area contributed by atoms with Gasteiger partial charge in [-0.05, 0) is 50.1 Å². The van der Waals surface area contributed by atoms with E-state index < -0.39 is 0 Å². The molecule has 0 aliphatic heterocycles. The SMILES string of the molecule is Cc1nc(-c2cccc(NC(=O)CNc3cccc(C)c3C)c2)cs1. The summed E-state index contributed by atoms with van der Waals surface area (Å²) in [5.41, 5.74) is 6.07. The van der Waals surface area contributed by atoms with Crippen molar-refractivity contribution in [2.75, 3.05) is 17.2 Å². The molecule has 0 atom stereocenters. The van der Waals surface area contributed by atoms with Gasteiger partial charge in [0.05, 0.1) is 17.2 Å². The standard InChI is InChI=1S/C20H21N3OS/c1-13-6-4-9-18(14(13)2)21-11-20(24)23-17-8-5-7-16(10-17)19-12-25-15(3)22-19/h4-10,12,21H,11H2,1-3H3,(H,23,24). The number of nitrogens with one attached hydrogen (secondary N) is 2. The van der Waals surface area contributed by atoms with Gasteiger partial charge in [0.25, 0.3) is 0 Å². The van der Waals surface area contributed by atoms with Gasteiger partial charge in [0.15, 0.2) is 0 Å². The molecule has 1 aromatic heterocycles. The molecule has 0 aliphatic carbocycles. The quantitative estimate of drug-likeness (QED) is 0.695. The summed E-state index contributed by atoms with van der Waals surface area (Å²) in [6.07, 6.45) is 0. The second kappa shape index (κ2) is 7.49. The van der Waals surface area contributed by atoms with Gasteiger partial charge < -0.3 is 10.6 Å². The normalized spacial score (nSPS) is 10.5. The molecule has 5 heteroatoms. The molecule has 1 heterocycles. The van der Waals surface area contributed by atoms with Crippen LogP contribution in [-0.2, 0) is 4.79 Å². The Balaban J connectivity index is 1.64. The molecule has 3 rings (SSSR count). The predicted molar refractivity (Wildman–Crippen MR) is 105 cm³/mol. The minimum atomic E-state index is -0.0764. The highest BCUT2D eigenvalue weighted by Gasteiger charge is 2.07. The molecule has 0 radical (unpaired) electrons. The monoisotopic (exact) mass is 351 g/mol. The minimum absolute atomic E-state index is 0.0764. The minimum Gasteiger partial charge on any atom is -0.376 e. The average Bonchev–Trinajstić information content (AvgIpc) is 3.03. The van der Waals surface area contributed by atoms with Crippen LogP contribution in [0.2, 0.25) is 0 Å². The number of carbonyl (C=O) groups excluding carboxylic acids is 1. The Morgan fingerprint density at radius 3 is 2.68 bits per heavy atom. The number of rotatable bonds is 5. The predicted octanol–water partition coefficient (Wildman–Crippen LogP) is 4.79. The van der Waals surface area contributed by atoms with Crippen molar-refractivity contribution in [3.05, 3.63) is 64.0 Å². The van der Waals surface area contributed by atoms with E-state index in [1.807, 2.05) is 48.7 Å². The first kappa shape index (κ1) is 17.2. The van der Waals surface area contributed by atoms with Gasteiger partial charge >= 0.3 is 0 Å². The van der Waals surface area contributed by atoms with Crippen molar-refractivity contribution in [2.24, 2.45) is 0 Å². The Morgan fingerprint density at radius 2 is 1.92 bits per heavy atom. The number of amides is 1. The number of aryl methyl sites for hydroxylation is 2. The lowest BCUT2D eigenvalue weighted by Gasteiger charge is -2.12. The van der Waals surface area contributed by atoms with Gasteiger partial charge in [0.1, 0.15) is 0 Å². The van der Waals surface area contributed by atoms with E-state index >= 15 is 0 Å². The fourth-order valence-electron chi connectivity index (χ4n) is 2.58. The first-order valence-electron chi connectivity index (χ1n) is 8.15. The van der Waals surface area contributed by atoms with Crippen LogP contribution in [0.3, 0.4) is 0 Å². The zero-order chi connectivity index (χ0) is 17.8. The Kier molecular flexibility index (Phi) is 5.14. The van der Waals surface area contributed by atoms with E-state index in [1.165, 1.54) is 5.56 Å². The maximum atomic E-state index is 12.2. The Hall–Kier alpha value is -2.66. The van der Waals surface area contributed by atoms with Crippen LogP contribution < -0.4 is 10.6 Å². The number of thiazole rings is 1. The highest BCUT2D eigenvalue weighted by atomic mass is 32.1. The van der Waals surface area contributed by atoms with E-state index in [4.69, 9.17) is 0 Å². The zero-order valence-corrected chi connectivity index (χ0v) is 15.4. The molecule has 3 aromatic rings. The highest BCUT2D eigenvalue weighted by molar-refractivity contribution is 7.09. The van der Waals surface area contributed by atoms with Crippen molar-refractivity contribution in [3.8, 4) is 11.3 Å². The van der Waals surface area contributed by atoms with Crippen LogP contribution in [0.1, 0.15) is 16.1 Å². The second-order valence-corrected chi connectivity index (χ2v) is 7.04. The molecule has 0 unspecified atom stereocenters. The summed E-state index contributed by atoms with van der Waals surface area (Å²) in [5, 5.41) is 9.19. The fourth-order valence-corrected chi connectivity index (χ4v) is 3.20. The number of anilines is 2. The maximum absolute atomic E-state index is 12.2. The third-order valence-electron chi connectivity index (χ3n) is 4.11. The number of benzene rings is 2. The van der Waals surface area contributed by atoms with Gasteiger partial charge in [0.2, 0.25) is 5.91 Å². The third kappa shape index (κ3) is 4.25. The molecule has 0 fully saturated rings. The van der Waals surface area contributed by atoms with Crippen molar-refractivity contribution >= 4 is 28.6 Å². The van der Waals surface area contributed by atoms with Crippen molar-refractivity contribution in [2.45, 2.75) is 20.8 Å². The molecule has 128 valence electrons. The molecule has 0 saturated carbocycles. The van der Waals surface area contributed by atoms with Gasteiger partial charge in [-0.25, -0.2) is 4.98 Å². The van der Waals surface area contributed by atoms with E-state index in [9.17, 15) is 4.79 Å². The Morgan fingerprint density at radius 1 is 1.12 bits per heavy atom. The largest absolute Gasteiger partial charge is 0.376 e. The number of nitrogens with zero attached hydrogens (tertiary/aromatic N) is 1. The maximum Gasteiger partial charge on any atom is 0.243 e. The summed E-state index contributed by atoms with van der Waals surface area (Å²) in [6.45, 7) is 6.32. The van der Waals surface area contributed by atoms with Crippen molar-refractivity contribution in [1.29, 1.82) is 0 Å². The van der Waals surface area contributed by atoms with Crippen molar-refractivity contribution in [3.63, 3.8) is 0 Å². The Labute approximate surface area is 151 Å². The molecule has 0 aliphatic rings. The lowest BCUT2D eigenvalue weighted by atomic mass is 10.1. The lowest BCUT2D eigenvalue weighted by molar-refractivity contribution is -0.114. The molecule has 2 N–H and O–H groups in total. The van der Waals surface area contributed by atoms with Crippen LogP contribution >= 0.6 is 11.3 Å². The molecule has 0 saturated heterocycles. The van der Waals surface area contributed by atoms with E-state index in [0.29, 0.717) is 0 Å². The fraction of sp³-hybridized carbons (Fsp3) is 0.200. The summed E-state index contributed by atoms with van der Waals surface area (Å²) >= 11 is 1.62. The number of carbonyl (C=O) groups is 1. The molecule has 25 heavy (non-hydrogen) atoms. The number of hydrogen-bond acceptors (Lipinski definition) is 4. The van der Waals surface area contributed by atoms with Crippen LogP contribution in [0.5, 0.6) is 0 Å². The lowest BCUT2D eigenvalue weighted by Crippen LogP contribution is -2.22. The average molecular weight is 351 g/mol. The molecule has 0 bridgehead atoms. The molecule has 0 spiro atoms. The summed E-state index contributed by atoms with van der Waals surface area (Å²) in [5.74, 6) is -0.0764. The van der Waals surface area contributed by atoms with E-state index in [0.717, 1.165) is 33.2 Å². The van der Waals surface area contributed by atoms with Gasteiger partial charge in [-0.1, -0.05) is 24.3 Å². The zero-order valence-electron chi connectivity index (χ0n) is 14.6. The number of hydrogen-bond donors (Lipinski definition) is 2. The van der Waals surface area contributed by atoms with Gasteiger partial charge in [-0.15, -0.1) is 11.3 Å². The summed E-state index contributed by atoms with van der Waals surface area (Å²) in [6, 6.07) is 13.8. The van der Waals surface area contributed by atoms with Crippen LogP contribution in [-0.4, -0.2) is 17.4 Å². The second-order valence-electron chi connectivity index (χ2n) is 5.98. The van der Waals surface area contributed by atoms with Crippen LogP contribution in [0.25, 0.3) is 11.3 Å². The van der Waals surface area contributed by atoms with E-state index in [1.54, 1.807) is 11.3 Å². The summed E-state index contributed by atoms with van der Waals surface area (Å²) < 4.78 is 0. The van der Waals surface area contributed by atoms with Crippen LogP contribution in [0.4, 0.5) is 11.4 Å². The molecule has 4 nitrogen and oxygen atoms in total. The van der Waals surface area contributed by atoms with E-state index in [2.05, 4.69) is 35.5 Å². The first-order chi connectivity index (χ1) is 12.0. The van der Waals surface area contributed by atoms with Crippen LogP contribution in [0.15, 0.2) is 47.8 Å². The van der Waals surface area contributed by atoms with Crippen molar-refractivity contribution < 1.29 is 4.79 Å². The Bertz CT molecular complexity index is 901. The number of aromatic nitrogens is 1.